The number of rotatable bonds is 6. The summed E-state index contributed by atoms with van der Waals surface area (Å²) in [6.45, 7) is 6.30. The number of pyridine rings is 1. The zero-order chi connectivity index (χ0) is 18.4. The first-order valence-electron chi connectivity index (χ1n) is 9.27. The maximum Gasteiger partial charge on any atom is 0.257 e. The van der Waals surface area contributed by atoms with Crippen molar-refractivity contribution in [2.24, 2.45) is 5.92 Å². The second-order valence-corrected chi connectivity index (χ2v) is 7.11. The van der Waals surface area contributed by atoms with E-state index in [0.717, 1.165) is 18.4 Å². The Hall–Kier alpha value is -2.34. The lowest BCUT2D eigenvalue weighted by Crippen LogP contribution is -2.45. The predicted molar refractivity (Wildman–Crippen MR) is 99.6 cm³/mol. The molecule has 6 nitrogen and oxygen atoms in total. The molecule has 0 bridgehead atoms. The summed E-state index contributed by atoms with van der Waals surface area (Å²) in [6.07, 6.45) is 10.1. The van der Waals surface area contributed by atoms with Crippen molar-refractivity contribution < 1.29 is 9.53 Å². The topological polar surface area (TPSA) is 68.2 Å². The van der Waals surface area contributed by atoms with Crippen molar-refractivity contribution in [3.63, 3.8) is 0 Å². The van der Waals surface area contributed by atoms with Crippen LogP contribution in [0.5, 0.6) is 0 Å². The number of morpholine rings is 1. The Kier molecular flexibility index (Phi) is 6.28. The lowest BCUT2D eigenvalue weighted by atomic mass is 10.0. The summed E-state index contributed by atoms with van der Waals surface area (Å²) in [5.74, 6) is 1.25. The van der Waals surface area contributed by atoms with Gasteiger partial charge in [0, 0.05) is 43.4 Å². The Bertz CT molecular complexity index is 704. The number of aromatic nitrogens is 3. The van der Waals surface area contributed by atoms with Gasteiger partial charge < -0.3 is 9.64 Å². The van der Waals surface area contributed by atoms with Gasteiger partial charge in [0.25, 0.3) is 5.91 Å². The van der Waals surface area contributed by atoms with Crippen molar-refractivity contribution in [2.75, 3.05) is 19.7 Å². The third kappa shape index (κ3) is 4.85. The van der Waals surface area contributed by atoms with Crippen LogP contribution >= 0.6 is 0 Å². The first-order valence-corrected chi connectivity index (χ1v) is 9.27. The Morgan fingerprint density at radius 1 is 1.31 bits per heavy atom. The molecule has 1 aliphatic rings. The van der Waals surface area contributed by atoms with E-state index >= 15 is 0 Å². The van der Waals surface area contributed by atoms with Crippen molar-refractivity contribution in [2.45, 2.75) is 39.2 Å². The quantitative estimate of drug-likeness (QED) is 0.797. The van der Waals surface area contributed by atoms with Gasteiger partial charge in [-0.2, -0.15) is 0 Å². The first-order chi connectivity index (χ1) is 12.6. The SMILES string of the molecule is CC(C)CCC[C@H]1CN(C(=O)c2cnc(-c3cccnc3)nc2)CCO1. The molecule has 26 heavy (non-hydrogen) atoms. The lowest BCUT2D eigenvalue weighted by Gasteiger charge is -2.33. The number of carbonyl (C=O) groups is 1. The van der Waals surface area contributed by atoms with Crippen molar-refractivity contribution in [1.29, 1.82) is 0 Å². The fraction of sp³-hybridized carbons (Fsp3) is 0.500. The Morgan fingerprint density at radius 3 is 2.81 bits per heavy atom. The van der Waals surface area contributed by atoms with E-state index in [4.69, 9.17) is 4.74 Å². The van der Waals surface area contributed by atoms with Crippen LogP contribution in [0, 0.1) is 5.92 Å². The van der Waals surface area contributed by atoms with Gasteiger partial charge >= 0.3 is 0 Å². The van der Waals surface area contributed by atoms with E-state index in [9.17, 15) is 4.79 Å². The molecule has 1 amide bonds. The van der Waals surface area contributed by atoms with E-state index in [-0.39, 0.29) is 12.0 Å². The highest BCUT2D eigenvalue weighted by molar-refractivity contribution is 5.93. The number of ether oxygens (including phenoxy) is 1. The van der Waals surface area contributed by atoms with Gasteiger partial charge in [0.15, 0.2) is 5.82 Å². The Balaban J connectivity index is 1.59. The fourth-order valence-electron chi connectivity index (χ4n) is 3.10. The first kappa shape index (κ1) is 18.5. The molecule has 1 atom stereocenters. The number of nitrogens with zero attached hydrogens (tertiary/aromatic N) is 4. The monoisotopic (exact) mass is 354 g/mol. The van der Waals surface area contributed by atoms with E-state index in [1.54, 1.807) is 24.8 Å². The van der Waals surface area contributed by atoms with Crippen LogP contribution in [-0.2, 0) is 4.74 Å². The molecule has 3 rings (SSSR count). The van der Waals surface area contributed by atoms with Crippen LogP contribution in [0.1, 0.15) is 43.5 Å². The van der Waals surface area contributed by atoms with E-state index in [0.29, 0.717) is 37.0 Å². The standard InChI is InChI=1S/C20H26N4O2/c1-15(2)5-3-7-18-14-24(9-10-26-18)20(25)17-12-22-19(23-13-17)16-6-4-8-21-11-16/h4,6,8,11-13,15,18H,3,5,7,9-10,14H2,1-2H3/t18-/m0/s1. The van der Waals surface area contributed by atoms with Crippen molar-refractivity contribution in [1.82, 2.24) is 19.9 Å². The van der Waals surface area contributed by atoms with Gasteiger partial charge in [-0.15, -0.1) is 0 Å². The lowest BCUT2D eigenvalue weighted by molar-refractivity contribution is -0.0260. The summed E-state index contributed by atoms with van der Waals surface area (Å²) in [7, 11) is 0. The summed E-state index contributed by atoms with van der Waals surface area (Å²) < 4.78 is 5.82. The second kappa shape index (κ2) is 8.85. The minimum atomic E-state index is -0.0279. The van der Waals surface area contributed by atoms with Gasteiger partial charge in [-0.3, -0.25) is 9.78 Å². The van der Waals surface area contributed by atoms with Gasteiger partial charge in [-0.1, -0.05) is 26.7 Å². The highest BCUT2D eigenvalue weighted by atomic mass is 16.5. The van der Waals surface area contributed by atoms with Gasteiger partial charge in [0.1, 0.15) is 0 Å². The molecule has 0 radical (unpaired) electrons. The predicted octanol–water partition coefficient (Wildman–Crippen LogP) is 3.21. The summed E-state index contributed by atoms with van der Waals surface area (Å²) >= 11 is 0. The number of hydrogen-bond acceptors (Lipinski definition) is 5. The molecule has 1 fully saturated rings. The number of carbonyl (C=O) groups excluding carboxylic acids is 1. The van der Waals surface area contributed by atoms with Crippen LogP contribution < -0.4 is 0 Å². The van der Waals surface area contributed by atoms with Crippen LogP contribution in [0.25, 0.3) is 11.4 Å². The van der Waals surface area contributed by atoms with Crippen LogP contribution in [0.4, 0.5) is 0 Å². The molecule has 0 aromatic carbocycles. The van der Waals surface area contributed by atoms with Crippen molar-refractivity contribution >= 4 is 5.91 Å². The zero-order valence-electron chi connectivity index (χ0n) is 15.5. The molecule has 6 heteroatoms. The molecule has 0 N–H and O–H groups in total. The summed E-state index contributed by atoms with van der Waals surface area (Å²) in [6, 6.07) is 3.73. The smallest absolute Gasteiger partial charge is 0.257 e. The number of amides is 1. The molecule has 138 valence electrons. The molecule has 0 spiro atoms. The molecular weight excluding hydrogens is 328 g/mol. The minimum absolute atomic E-state index is 0.0279. The van der Waals surface area contributed by atoms with Crippen LogP contribution in [0.2, 0.25) is 0 Å². The second-order valence-electron chi connectivity index (χ2n) is 7.11. The molecule has 0 aliphatic carbocycles. The van der Waals surface area contributed by atoms with Crippen molar-refractivity contribution in [3.05, 3.63) is 42.5 Å². The highest BCUT2D eigenvalue weighted by Gasteiger charge is 2.25. The van der Waals surface area contributed by atoms with Gasteiger partial charge in [0.2, 0.25) is 0 Å². The Morgan fingerprint density at radius 2 is 2.12 bits per heavy atom. The average molecular weight is 354 g/mol. The van der Waals surface area contributed by atoms with E-state index in [2.05, 4.69) is 28.8 Å². The summed E-state index contributed by atoms with van der Waals surface area (Å²) in [5.41, 5.74) is 1.35. The number of hydrogen-bond donors (Lipinski definition) is 0. The normalized spacial score (nSPS) is 17.5. The molecule has 3 heterocycles. The molecule has 1 aliphatic heterocycles. The molecule has 0 saturated carbocycles. The van der Waals surface area contributed by atoms with Crippen LogP contribution in [0.15, 0.2) is 36.9 Å². The zero-order valence-corrected chi connectivity index (χ0v) is 15.5. The molecule has 0 unspecified atom stereocenters. The molecule has 2 aromatic rings. The maximum atomic E-state index is 12.8. The van der Waals surface area contributed by atoms with E-state index < -0.39 is 0 Å². The summed E-state index contributed by atoms with van der Waals surface area (Å²) in [4.78, 5) is 27.3. The Labute approximate surface area is 154 Å². The largest absolute Gasteiger partial charge is 0.375 e. The molecular formula is C20H26N4O2. The van der Waals surface area contributed by atoms with Crippen LogP contribution in [-0.4, -0.2) is 51.6 Å². The maximum absolute atomic E-state index is 12.8. The van der Waals surface area contributed by atoms with Gasteiger partial charge in [-0.05, 0) is 24.5 Å². The third-order valence-corrected chi connectivity index (χ3v) is 4.55. The van der Waals surface area contributed by atoms with E-state index in [1.807, 2.05) is 17.0 Å². The van der Waals surface area contributed by atoms with Crippen LogP contribution in [0.3, 0.4) is 0 Å². The third-order valence-electron chi connectivity index (χ3n) is 4.55. The van der Waals surface area contributed by atoms with Gasteiger partial charge in [-0.25, -0.2) is 9.97 Å². The minimum Gasteiger partial charge on any atom is -0.375 e. The molecule has 1 saturated heterocycles. The highest BCUT2D eigenvalue weighted by Crippen LogP contribution is 2.17. The molecule has 2 aromatic heterocycles. The van der Waals surface area contributed by atoms with Crippen molar-refractivity contribution in [3.8, 4) is 11.4 Å². The summed E-state index contributed by atoms with van der Waals surface area (Å²) in [5, 5.41) is 0. The average Bonchev–Trinajstić information content (AvgIpc) is 2.68. The van der Waals surface area contributed by atoms with E-state index in [1.165, 1.54) is 6.42 Å². The fourth-order valence-corrected chi connectivity index (χ4v) is 3.10. The van der Waals surface area contributed by atoms with Gasteiger partial charge in [0.05, 0.1) is 18.3 Å².